The van der Waals surface area contributed by atoms with Crippen LogP contribution in [0.4, 0.5) is 0 Å². The summed E-state index contributed by atoms with van der Waals surface area (Å²) in [4.78, 5) is 13.9. The average molecular weight is 183 g/mol. The summed E-state index contributed by atoms with van der Waals surface area (Å²) in [7, 11) is 0. The van der Waals surface area contributed by atoms with Crippen molar-refractivity contribution in [3.05, 3.63) is 0 Å². The molecule has 1 saturated heterocycles. The Morgan fingerprint density at radius 2 is 2.08 bits per heavy atom. The van der Waals surface area contributed by atoms with E-state index in [9.17, 15) is 4.79 Å². The third-order valence-corrected chi connectivity index (χ3v) is 2.80. The Hall–Kier alpha value is -0.370. The van der Waals surface area contributed by atoms with Crippen molar-refractivity contribution in [2.24, 2.45) is 11.3 Å². The van der Waals surface area contributed by atoms with Crippen LogP contribution < -0.4 is 0 Å². The molecule has 0 aromatic heterocycles. The molecule has 0 aliphatic carbocycles. The summed E-state index contributed by atoms with van der Waals surface area (Å²) < 4.78 is 0. The summed E-state index contributed by atoms with van der Waals surface area (Å²) in [6, 6.07) is 0. The van der Waals surface area contributed by atoms with Gasteiger partial charge in [-0.25, -0.2) is 0 Å². The van der Waals surface area contributed by atoms with Crippen molar-refractivity contribution in [3.63, 3.8) is 0 Å². The van der Waals surface area contributed by atoms with Gasteiger partial charge >= 0.3 is 0 Å². The van der Waals surface area contributed by atoms with E-state index in [4.69, 9.17) is 0 Å². The van der Waals surface area contributed by atoms with Crippen molar-refractivity contribution in [2.45, 2.75) is 34.1 Å². The normalized spacial score (nSPS) is 23.9. The fraction of sp³-hybridized carbons (Fsp3) is 0.909. The molecule has 0 atom stereocenters. The first-order valence-corrected chi connectivity index (χ1v) is 5.17. The third kappa shape index (κ3) is 2.80. The molecule has 1 fully saturated rings. The predicted octanol–water partition coefficient (Wildman–Crippen LogP) is 1.94. The fourth-order valence-corrected chi connectivity index (χ4v) is 1.75. The lowest BCUT2D eigenvalue weighted by Gasteiger charge is -2.36. The van der Waals surface area contributed by atoms with Crippen LogP contribution >= 0.6 is 0 Å². The van der Waals surface area contributed by atoms with Crippen molar-refractivity contribution >= 4 is 5.78 Å². The molecule has 0 bridgehead atoms. The molecular weight excluding hydrogens is 162 g/mol. The van der Waals surface area contributed by atoms with Crippen LogP contribution in [0.5, 0.6) is 0 Å². The van der Waals surface area contributed by atoms with Gasteiger partial charge in [0.05, 0.1) is 6.54 Å². The molecule has 0 radical (unpaired) electrons. The van der Waals surface area contributed by atoms with E-state index in [2.05, 4.69) is 32.6 Å². The second kappa shape index (κ2) is 3.79. The first-order chi connectivity index (χ1) is 5.92. The number of nitrogens with zero attached hydrogens (tertiary/aromatic N) is 1. The molecule has 0 spiro atoms. The summed E-state index contributed by atoms with van der Waals surface area (Å²) in [5.41, 5.74) is -0.0759. The minimum atomic E-state index is -0.0759. The number of Topliss-reactive ketones (excluding diaryl/α,β-unsaturated/α-hetero) is 1. The molecule has 0 aromatic rings. The van der Waals surface area contributed by atoms with Crippen LogP contribution in [0.25, 0.3) is 0 Å². The van der Waals surface area contributed by atoms with Crippen LogP contribution in [0.2, 0.25) is 0 Å². The van der Waals surface area contributed by atoms with Crippen molar-refractivity contribution < 1.29 is 4.79 Å². The molecule has 0 N–H and O–H groups in total. The molecule has 1 aliphatic heterocycles. The van der Waals surface area contributed by atoms with E-state index in [-0.39, 0.29) is 5.41 Å². The first-order valence-electron chi connectivity index (χ1n) is 5.17. The van der Waals surface area contributed by atoms with Crippen molar-refractivity contribution in [1.82, 2.24) is 4.90 Å². The van der Waals surface area contributed by atoms with Crippen LogP contribution in [-0.2, 0) is 4.79 Å². The zero-order chi connectivity index (χ0) is 10.1. The van der Waals surface area contributed by atoms with Crippen LogP contribution in [0.15, 0.2) is 0 Å². The zero-order valence-corrected chi connectivity index (χ0v) is 9.26. The summed E-state index contributed by atoms with van der Waals surface area (Å²) in [5.74, 6) is 1.06. The van der Waals surface area contributed by atoms with Crippen LogP contribution in [-0.4, -0.2) is 30.3 Å². The monoisotopic (exact) mass is 183 g/mol. The highest BCUT2D eigenvalue weighted by Crippen LogP contribution is 2.26. The van der Waals surface area contributed by atoms with Gasteiger partial charge in [-0.3, -0.25) is 9.69 Å². The SMILES string of the molecule is CC(C)CN1CCC(C)(C)C(=O)C1. The topological polar surface area (TPSA) is 20.3 Å². The number of rotatable bonds is 2. The van der Waals surface area contributed by atoms with Gasteiger partial charge in [0, 0.05) is 12.0 Å². The quantitative estimate of drug-likeness (QED) is 0.652. The minimum absolute atomic E-state index is 0.0759. The summed E-state index contributed by atoms with van der Waals surface area (Å²) >= 11 is 0. The van der Waals surface area contributed by atoms with Gasteiger partial charge < -0.3 is 0 Å². The molecule has 76 valence electrons. The largest absolute Gasteiger partial charge is 0.298 e. The minimum Gasteiger partial charge on any atom is -0.298 e. The smallest absolute Gasteiger partial charge is 0.152 e. The van der Waals surface area contributed by atoms with Gasteiger partial charge in [-0.15, -0.1) is 0 Å². The molecule has 0 saturated carbocycles. The highest BCUT2D eigenvalue weighted by Gasteiger charge is 2.33. The zero-order valence-electron chi connectivity index (χ0n) is 9.26. The summed E-state index contributed by atoms with van der Waals surface area (Å²) in [6.45, 7) is 11.3. The van der Waals surface area contributed by atoms with Crippen LogP contribution in [0.3, 0.4) is 0 Å². The Labute approximate surface area is 81.3 Å². The van der Waals surface area contributed by atoms with Crippen LogP contribution in [0.1, 0.15) is 34.1 Å². The molecule has 2 heteroatoms. The maximum atomic E-state index is 11.7. The second-order valence-electron chi connectivity index (χ2n) is 5.19. The molecule has 1 heterocycles. The van der Waals surface area contributed by atoms with E-state index in [0.29, 0.717) is 18.2 Å². The average Bonchev–Trinajstić information content (AvgIpc) is 1.97. The van der Waals surface area contributed by atoms with Gasteiger partial charge in [0.15, 0.2) is 5.78 Å². The Bertz CT molecular complexity index is 196. The maximum absolute atomic E-state index is 11.7. The standard InChI is InChI=1S/C11H21NO/c1-9(2)7-12-6-5-11(3,4)10(13)8-12/h9H,5-8H2,1-4H3. The third-order valence-electron chi connectivity index (χ3n) is 2.80. The Kier molecular flexibility index (Phi) is 3.12. The van der Waals surface area contributed by atoms with Crippen LogP contribution in [0, 0.1) is 11.3 Å². The van der Waals surface area contributed by atoms with Crippen molar-refractivity contribution in [3.8, 4) is 0 Å². The number of piperidine rings is 1. The summed E-state index contributed by atoms with van der Waals surface area (Å²) in [6.07, 6.45) is 1.01. The molecule has 0 unspecified atom stereocenters. The lowest BCUT2D eigenvalue weighted by Crippen LogP contribution is -2.46. The van der Waals surface area contributed by atoms with E-state index in [0.717, 1.165) is 19.5 Å². The molecule has 1 rings (SSSR count). The molecule has 0 aromatic carbocycles. The number of carbonyl (C=O) groups is 1. The number of hydrogen-bond donors (Lipinski definition) is 0. The lowest BCUT2D eigenvalue weighted by molar-refractivity contribution is -0.132. The molecular formula is C11H21NO. The fourth-order valence-electron chi connectivity index (χ4n) is 1.75. The number of hydrogen-bond acceptors (Lipinski definition) is 2. The Morgan fingerprint density at radius 3 is 2.54 bits per heavy atom. The first kappa shape index (κ1) is 10.7. The maximum Gasteiger partial charge on any atom is 0.152 e. The Balaban J connectivity index is 2.47. The van der Waals surface area contributed by atoms with E-state index < -0.39 is 0 Å². The van der Waals surface area contributed by atoms with Gasteiger partial charge in [0.1, 0.15) is 0 Å². The number of ketones is 1. The molecule has 0 amide bonds. The van der Waals surface area contributed by atoms with E-state index in [1.54, 1.807) is 0 Å². The highest BCUT2D eigenvalue weighted by atomic mass is 16.1. The van der Waals surface area contributed by atoms with Gasteiger partial charge in [0.25, 0.3) is 0 Å². The highest BCUT2D eigenvalue weighted by molar-refractivity contribution is 5.86. The van der Waals surface area contributed by atoms with Gasteiger partial charge in [-0.2, -0.15) is 0 Å². The Morgan fingerprint density at radius 1 is 1.46 bits per heavy atom. The second-order valence-corrected chi connectivity index (χ2v) is 5.19. The molecule has 1 aliphatic rings. The van der Waals surface area contributed by atoms with Gasteiger partial charge in [-0.1, -0.05) is 27.7 Å². The summed E-state index contributed by atoms with van der Waals surface area (Å²) in [5, 5.41) is 0. The van der Waals surface area contributed by atoms with E-state index in [1.807, 2.05) is 0 Å². The number of carbonyl (C=O) groups excluding carboxylic acids is 1. The van der Waals surface area contributed by atoms with Crippen molar-refractivity contribution in [2.75, 3.05) is 19.6 Å². The number of likely N-dealkylation sites (tertiary alicyclic amines) is 1. The lowest BCUT2D eigenvalue weighted by atomic mass is 9.81. The van der Waals surface area contributed by atoms with E-state index in [1.165, 1.54) is 0 Å². The van der Waals surface area contributed by atoms with E-state index >= 15 is 0 Å². The molecule has 2 nitrogen and oxygen atoms in total. The van der Waals surface area contributed by atoms with Gasteiger partial charge in [-0.05, 0) is 18.9 Å². The van der Waals surface area contributed by atoms with Crippen molar-refractivity contribution in [1.29, 1.82) is 0 Å². The predicted molar refractivity (Wildman–Crippen MR) is 54.7 cm³/mol. The molecule has 13 heavy (non-hydrogen) atoms. The van der Waals surface area contributed by atoms with Gasteiger partial charge in [0.2, 0.25) is 0 Å².